The summed E-state index contributed by atoms with van der Waals surface area (Å²) in [4.78, 5) is 0. The van der Waals surface area contributed by atoms with Crippen LogP contribution in [0.3, 0.4) is 0 Å². The quantitative estimate of drug-likeness (QED) is 0.606. The second-order valence-electron chi connectivity index (χ2n) is 2.78. The molecule has 0 atom stereocenters. The van der Waals surface area contributed by atoms with E-state index in [-0.39, 0.29) is 0 Å². The summed E-state index contributed by atoms with van der Waals surface area (Å²) >= 11 is 5.95. The van der Waals surface area contributed by atoms with E-state index in [1.165, 1.54) is 0 Å². The van der Waals surface area contributed by atoms with Crippen molar-refractivity contribution in [3.05, 3.63) is 28.8 Å². The molecule has 0 spiro atoms. The van der Waals surface area contributed by atoms with Gasteiger partial charge in [0.2, 0.25) is 0 Å². The van der Waals surface area contributed by atoms with Gasteiger partial charge in [-0.25, -0.2) is 0 Å². The summed E-state index contributed by atoms with van der Waals surface area (Å²) in [6.45, 7) is 1.28. The third-order valence-electron chi connectivity index (χ3n) is 1.77. The van der Waals surface area contributed by atoms with Crippen LogP contribution in [0.1, 0.15) is 5.56 Å². The van der Waals surface area contributed by atoms with Crippen LogP contribution in [-0.4, -0.2) is 13.7 Å². The molecule has 3 heteroatoms. The van der Waals surface area contributed by atoms with E-state index in [4.69, 9.17) is 22.8 Å². The standard InChI is InChI=1S/C11H12ClNO/c1-3-6-13-8-9-4-5-11(14-2)10(12)7-9/h1,4-5,7,13H,6,8H2,2H3. The van der Waals surface area contributed by atoms with Crippen molar-refractivity contribution in [3.8, 4) is 18.1 Å². The first-order valence-corrected chi connectivity index (χ1v) is 4.62. The molecule has 1 N–H and O–H groups in total. The lowest BCUT2D eigenvalue weighted by atomic mass is 10.2. The fraction of sp³-hybridized carbons (Fsp3) is 0.273. The predicted molar refractivity (Wildman–Crippen MR) is 58.5 cm³/mol. The number of benzene rings is 1. The molecule has 0 amide bonds. The molecular formula is C11H12ClNO. The second-order valence-corrected chi connectivity index (χ2v) is 3.18. The molecule has 14 heavy (non-hydrogen) atoms. The van der Waals surface area contributed by atoms with Crippen LogP contribution in [0, 0.1) is 12.3 Å². The number of ether oxygens (including phenoxy) is 1. The molecule has 0 aliphatic rings. The van der Waals surface area contributed by atoms with E-state index in [2.05, 4.69) is 11.2 Å². The summed E-state index contributed by atoms with van der Waals surface area (Å²) in [5.41, 5.74) is 1.09. The lowest BCUT2D eigenvalue weighted by Gasteiger charge is -2.05. The Morgan fingerprint density at radius 2 is 2.36 bits per heavy atom. The van der Waals surface area contributed by atoms with Gasteiger partial charge >= 0.3 is 0 Å². The first-order valence-electron chi connectivity index (χ1n) is 4.24. The van der Waals surface area contributed by atoms with Crippen LogP contribution in [-0.2, 0) is 6.54 Å². The molecule has 0 unspecified atom stereocenters. The predicted octanol–water partition coefficient (Wildman–Crippen LogP) is 2.07. The van der Waals surface area contributed by atoms with Gasteiger partial charge in [0.1, 0.15) is 5.75 Å². The molecule has 0 aromatic heterocycles. The number of nitrogens with one attached hydrogen (secondary N) is 1. The highest BCUT2D eigenvalue weighted by atomic mass is 35.5. The summed E-state index contributed by atoms with van der Waals surface area (Å²) in [7, 11) is 1.59. The van der Waals surface area contributed by atoms with E-state index in [0.717, 1.165) is 5.56 Å². The minimum atomic E-state index is 0.559. The maximum absolute atomic E-state index is 5.95. The van der Waals surface area contributed by atoms with Crippen molar-refractivity contribution in [3.63, 3.8) is 0 Å². The van der Waals surface area contributed by atoms with Crippen molar-refractivity contribution in [1.29, 1.82) is 0 Å². The minimum absolute atomic E-state index is 0.559. The van der Waals surface area contributed by atoms with Gasteiger partial charge in [0.05, 0.1) is 18.7 Å². The monoisotopic (exact) mass is 209 g/mol. The normalized spacial score (nSPS) is 9.50. The van der Waals surface area contributed by atoms with Gasteiger partial charge in [0.15, 0.2) is 0 Å². The third kappa shape index (κ3) is 2.95. The Labute approximate surface area is 89.2 Å². The van der Waals surface area contributed by atoms with Gasteiger partial charge in [0, 0.05) is 6.54 Å². The van der Waals surface area contributed by atoms with Gasteiger partial charge in [-0.05, 0) is 17.7 Å². The summed E-state index contributed by atoms with van der Waals surface area (Å²) in [6, 6.07) is 5.66. The summed E-state index contributed by atoms with van der Waals surface area (Å²) in [6.07, 6.45) is 5.11. The number of hydrogen-bond acceptors (Lipinski definition) is 2. The van der Waals surface area contributed by atoms with Crippen molar-refractivity contribution < 1.29 is 4.74 Å². The fourth-order valence-corrected chi connectivity index (χ4v) is 1.38. The molecule has 1 aromatic carbocycles. The Balaban J connectivity index is 2.63. The zero-order valence-electron chi connectivity index (χ0n) is 8.01. The molecule has 0 bridgehead atoms. The molecule has 0 aliphatic heterocycles. The van der Waals surface area contributed by atoms with Gasteiger partial charge in [0.25, 0.3) is 0 Å². The molecule has 0 heterocycles. The zero-order valence-corrected chi connectivity index (χ0v) is 8.77. The van der Waals surface area contributed by atoms with E-state index in [1.54, 1.807) is 7.11 Å². The van der Waals surface area contributed by atoms with Gasteiger partial charge in [-0.1, -0.05) is 23.6 Å². The summed E-state index contributed by atoms with van der Waals surface area (Å²) in [5.74, 6) is 3.19. The topological polar surface area (TPSA) is 21.3 Å². The van der Waals surface area contributed by atoms with Crippen LogP contribution >= 0.6 is 11.6 Å². The van der Waals surface area contributed by atoms with Gasteiger partial charge in [-0.3, -0.25) is 0 Å². The lowest BCUT2D eigenvalue weighted by molar-refractivity contribution is 0.415. The van der Waals surface area contributed by atoms with E-state index in [1.807, 2.05) is 18.2 Å². The molecule has 0 fully saturated rings. The van der Waals surface area contributed by atoms with Gasteiger partial charge in [-0.15, -0.1) is 6.42 Å². The summed E-state index contributed by atoms with van der Waals surface area (Å²) in [5, 5.41) is 3.70. The Hall–Kier alpha value is -1.17. The molecule has 1 aromatic rings. The van der Waals surface area contributed by atoms with E-state index in [0.29, 0.717) is 23.9 Å². The highest BCUT2D eigenvalue weighted by Crippen LogP contribution is 2.24. The fourth-order valence-electron chi connectivity index (χ4n) is 1.10. The highest BCUT2D eigenvalue weighted by molar-refractivity contribution is 6.32. The van der Waals surface area contributed by atoms with Crippen molar-refractivity contribution in [1.82, 2.24) is 5.32 Å². The van der Waals surface area contributed by atoms with E-state index < -0.39 is 0 Å². The minimum Gasteiger partial charge on any atom is -0.495 e. The van der Waals surface area contributed by atoms with E-state index in [9.17, 15) is 0 Å². The maximum Gasteiger partial charge on any atom is 0.137 e. The molecule has 74 valence electrons. The van der Waals surface area contributed by atoms with Crippen LogP contribution in [0.25, 0.3) is 0 Å². The largest absolute Gasteiger partial charge is 0.495 e. The van der Waals surface area contributed by atoms with Crippen LogP contribution in [0.4, 0.5) is 0 Å². The molecule has 0 saturated carbocycles. The van der Waals surface area contributed by atoms with E-state index >= 15 is 0 Å². The lowest BCUT2D eigenvalue weighted by Crippen LogP contribution is -2.12. The molecule has 0 radical (unpaired) electrons. The van der Waals surface area contributed by atoms with Crippen LogP contribution in [0.15, 0.2) is 18.2 Å². The zero-order chi connectivity index (χ0) is 10.4. The Bertz CT molecular complexity index is 344. The first-order chi connectivity index (χ1) is 6.77. The summed E-state index contributed by atoms with van der Waals surface area (Å²) < 4.78 is 5.04. The van der Waals surface area contributed by atoms with Gasteiger partial charge in [-0.2, -0.15) is 0 Å². The molecule has 0 saturated heterocycles. The molecular weight excluding hydrogens is 198 g/mol. The van der Waals surface area contributed by atoms with Crippen molar-refractivity contribution in [2.45, 2.75) is 6.54 Å². The molecule has 1 rings (SSSR count). The molecule has 0 aliphatic carbocycles. The SMILES string of the molecule is C#CCNCc1ccc(OC)c(Cl)c1. The van der Waals surface area contributed by atoms with Gasteiger partial charge < -0.3 is 10.1 Å². The molecule has 2 nitrogen and oxygen atoms in total. The smallest absolute Gasteiger partial charge is 0.137 e. The van der Waals surface area contributed by atoms with Crippen LogP contribution < -0.4 is 10.1 Å². The second kappa shape index (κ2) is 5.54. The average Bonchev–Trinajstić information content (AvgIpc) is 2.18. The highest BCUT2D eigenvalue weighted by Gasteiger charge is 2.00. The number of methoxy groups -OCH3 is 1. The Kier molecular flexibility index (Phi) is 4.31. The van der Waals surface area contributed by atoms with Crippen molar-refractivity contribution in [2.75, 3.05) is 13.7 Å². The Morgan fingerprint density at radius 3 is 2.93 bits per heavy atom. The van der Waals surface area contributed by atoms with Crippen LogP contribution in [0.5, 0.6) is 5.75 Å². The Morgan fingerprint density at radius 1 is 1.57 bits per heavy atom. The number of hydrogen-bond donors (Lipinski definition) is 1. The number of rotatable bonds is 4. The number of terminal acetylenes is 1. The third-order valence-corrected chi connectivity index (χ3v) is 2.07. The number of halogens is 1. The maximum atomic E-state index is 5.95. The van der Waals surface area contributed by atoms with Crippen LogP contribution in [0.2, 0.25) is 5.02 Å². The van der Waals surface area contributed by atoms with Crippen molar-refractivity contribution in [2.24, 2.45) is 0 Å². The average molecular weight is 210 g/mol. The first kappa shape index (κ1) is 10.9. The van der Waals surface area contributed by atoms with Crippen molar-refractivity contribution >= 4 is 11.6 Å².